The van der Waals surface area contributed by atoms with Gasteiger partial charge in [-0.25, -0.2) is 0 Å². The number of fused-ring (bicyclic) bond motifs is 1. The van der Waals surface area contributed by atoms with Gasteiger partial charge in [0.05, 0.1) is 0 Å². The Morgan fingerprint density at radius 1 is 1.00 bits per heavy atom. The molecule has 0 radical (unpaired) electrons. The molecule has 98 valence electrons. The van der Waals surface area contributed by atoms with Crippen molar-refractivity contribution in [1.82, 2.24) is 0 Å². The summed E-state index contributed by atoms with van der Waals surface area (Å²) in [4.78, 5) is 0. The van der Waals surface area contributed by atoms with E-state index in [4.69, 9.17) is 5.73 Å². The summed E-state index contributed by atoms with van der Waals surface area (Å²) in [7, 11) is 0. The Hall–Kier alpha value is -1.05. The summed E-state index contributed by atoms with van der Waals surface area (Å²) in [6, 6.07) is 15.1. The summed E-state index contributed by atoms with van der Waals surface area (Å²) in [5.41, 5.74) is 7.59. The van der Waals surface area contributed by atoms with Crippen molar-refractivity contribution in [2.75, 3.05) is 0 Å². The van der Waals surface area contributed by atoms with E-state index >= 15 is 0 Å². The SMILES string of the molecule is CCCCC[C@H](N)c1cccc2ccccc12.Cl. The first kappa shape index (κ1) is 15.0. The molecule has 0 aliphatic carbocycles. The molecule has 0 aromatic heterocycles. The third-order valence-electron chi connectivity index (χ3n) is 3.34. The summed E-state index contributed by atoms with van der Waals surface area (Å²) in [5, 5.41) is 2.59. The second-order valence-electron chi connectivity index (χ2n) is 4.67. The van der Waals surface area contributed by atoms with Gasteiger partial charge in [-0.2, -0.15) is 0 Å². The van der Waals surface area contributed by atoms with E-state index < -0.39 is 0 Å². The number of nitrogens with two attached hydrogens (primary N) is 1. The molecule has 2 aromatic rings. The van der Waals surface area contributed by atoms with Crippen LogP contribution in [0.15, 0.2) is 42.5 Å². The van der Waals surface area contributed by atoms with E-state index in [1.807, 2.05) is 0 Å². The van der Waals surface area contributed by atoms with Gasteiger partial charge in [0, 0.05) is 6.04 Å². The van der Waals surface area contributed by atoms with Gasteiger partial charge in [-0.1, -0.05) is 68.7 Å². The van der Waals surface area contributed by atoms with Crippen LogP contribution in [0.4, 0.5) is 0 Å². The lowest BCUT2D eigenvalue weighted by Crippen LogP contribution is -2.10. The van der Waals surface area contributed by atoms with Gasteiger partial charge in [-0.3, -0.25) is 0 Å². The van der Waals surface area contributed by atoms with Crippen molar-refractivity contribution in [2.45, 2.75) is 38.6 Å². The lowest BCUT2D eigenvalue weighted by atomic mass is 9.96. The summed E-state index contributed by atoms with van der Waals surface area (Å²) in [5.74, 6) is 0. The zero-order chi connectivity index (χ0) is 12.1. The van der Waals surface area contributed by atoms with Crippen molar-refractivity contribution < 1.29 is 0 Å². The fraction of sp³-hybridized carbons (Fsp3) is 0.375. The molecular formula is C16H22ClN. The highest BCUT2D eigenvalue weighted by molar-refractivity contribution is 5.86. The minimum atomic E-state index is 0. The van der Waals surface area contributed by atoms with Gasteiger partial charge < -0.3 is 5.73 Å². The van der Waals surface area contributed by atoms with Crippen molar-refractivity contribution in [3.63, 3.8) is 0 Å². The van der Waals surface area contributed by atoms with E-state index in [9.17, 15) is 0 Å². The van der Waals surface area contributed by atoms with Crippen molar-refractivity contribution in [3.8, 4) is 0 Å². The molecule has 18 heavy (non-hydrogen) atoms. The van der Waals surface area contributed by atoms with Gasteiger partial charge in [0.1, 0.15) is 0 Å². The number of rotatable bonds is 5. The smallest absolute Gasteiger partial charge is 0.0301 e. The summed E-state index contributed by atoms with van der Waals surface area (Å²) < 4.78 is 0. The Morgan fingerprint density at radius 3 is 2.50 bits per heavy atom. The van der Waals surface area contributed by atoms with Crippen molar-refractivity contribution in [3.05, 3.63) is 48.0 Å². The van der Waals surface area contributed by atoms with E-state index in [0.717, 1.165) is 6.42 Å². The third-order valence-corrected chi connectivity index (χ3v) is 3.34. The van der Waals surface area contributed by atoms with E-state index in [1.165, 1.54) is 35.6 Å². The predicted molar refractivity (Wildman–Crippen MR) is 82.3 cm³/mol. The fourth-order valence-electron chi connectivity index (χ4n) is 2.34. The molecule has 0 spiro atoms. The standard InChI is InChI=1S/C16H21N.ClH/c1-2-3-4-12-16(17)15-11-7-9-13-8-5-6-10-14(13)15;/h5-11,16H,2-4,12,17H2,1H3;1H/t16-;/m0./s1. The normalized spacial score (nSPS) is 12.1. The first-order valence-electron chi connectivity index (χ1n) is 6.56. The quantitative estimate of drug-likeness (QED) is 0.768. The lowest BCUT2D eigenvalue weighted by molar-refractivity contribution is 0.584. The maximum Gasteiger partial charge on any atom is 0.0301 e. The van der Waals surface area contributed by atoms with Gasteiger partial charge in [0.2, 0.25) is 0 Å². The van der Waals surface area contributed by atoms with Crippen LogP contribution >= 0.6 is 12.4 Å². The second-order valence-corrected chi connectivity index (χ2v) is 4.67. The molecule has 0 saturated carbocycles. The van der Waals surface area contributed by atoms with E-state index in [0.29, 0.717) is 0 Å². The fourth-order valence-corrected chi connectivity index (χ4v) is 2.34. The number of unbranched alkanes of at least 4 members (excludes halogenated alkanes) is 2. The highest BCUT2D eigenvalue weighted by atomic mass is 35.5. The van der Waals surface area contributed by atoms with Crippen LogP contribution in [0.1, 0.15) is 44.2 Å². The van der Waals surface area contributed by atoms with Crippen LogP contribution in [0, 0.1) is 0 Å². The van der Waals surface area contributed by atoms with Crippen molar-refractivity contribution in [2.24, 2.45) is 5.73 Å². The average molecular weight is 264 g/mol. The summed E-state index contributed by atoms with van der Waals surface area (Å²) in [6.45, 7) is 2.23. The molecule has 0 unspecified atom stereocenters. The van der Waals surface area contributed by atoms with Gasteiger partial charge in [0.15, 0.2) is 0 Å². The molecule has 0 aliphatic rings. The van der Waals surface area contributed by atoms with Gasteiger partial charge >= 0.3 is 0 Å². The highest BCUT2D eigenvalue weighted by Gasteiger charge is 2.08. The largest absolute Gasteiger partial charge is 0.324 e. The Labute approximate surface area is 116 Å². The zero-order valence-corrected chi connectivity index (χ0v) is 11.7. The lowest BCUT2D eigenvalue weighted by Gasteiger charge is -2.14. The van der Waals surface area contributed by atoms with E-state index in [1.54, 1.807) is 0 Å². The van der Waals surface area contributed by atoms with Crippen molar-refractivity contribution >= 4 is 23.2 Å². The summed E-state index contributed by atoms with van der Waals surface area (Å²) in [6.07, 6.45) is 4.84. The molecule has 0 fully saturated rings. The molecule has 0 aliphatic heterocycles. The van der Waals surface area contributed by atoms with Gasteiger partial charge in [-0.05, 0) is 22.8 Å². The molecule has 1 atom stereocenters. The van der Waals surface area contributed by atoms with Gasteiger partial charge in [0.25, 0.3) is 0 Å². The van der Waals surface area contributed by atoms with Crippen LogP contribution in [-0.2, 0) is 0 Å². The monoisotopic (exact) mass is 263 g/mol. The number of hydrogen-bond donors (Lipinski definition) is 1. The molecule has 0 amide bonds. The molecule has 2 heteroatoms. The number of hydrogen-bond acceptors (Lipinski definition) is 1. The maximum absolute atomic E-state index is 6.30. The summed E-state index contributed by atoms with van der Waals surface area (Å²) >= 11 is 0. The first-order valence-corrected chi connectivity index (χ1v) is 6.56. The first-order chi connectivity index (χ1) is 8.33. The molecule has 1 nitrogen and oxygen atoms in total. The van der Waals surface area contributed by atoms with Crippen molar-refractivity contribution in [1.29, 1.82) is 0 Å². The van der Waals surface area contributed by atoms with Crippen LogP contribution < -0.4 is 5.73 Å². The molecule has 2 aromatic carbocycles. The minimum Gasteiger partial charge on any atom is -0.324 e. The topological polar surface area (TPSA) is 26.0 Å². The zero-order valence-electron chi connectivity index (χ0n) is 10.9. The third kappa shape index (κ3) is 3.47. The van der Waals surface area contributed by atoms with Crippen LogP contribution in [0.3, 0.4) is 0 Å². The van der Waals surface area contributed by atoms with E-state index in [-0.39, 0.29) is 18.4 Å². The Kier molecular flexibility index (Phi) is 6.17. The molecule has 2 N–H and O–H groups in total. The average Bonchev–Trinajstić information content (AvgIpc) is 2.38. The Bertz CT molecular complexity index is 476. The maximum atomic E-state index is 6.30. The Morgan fingerprint density at radius 2 is 1.72 bits per heavy atom. The minimum absolute atomic E-state index is 0. The van der Waals surface area contributed by atoms with Crippen LogP contribution in [-0.4, -0.2) is 0 Å². The van der Waals surface area contributed by atoms with Crippen LogP contribution in [0.5, 0.6) is 0 Å². The Balaban J connectivity index is 0.00000162. The van der Waals surface area contributed by atoms with Crippen LogP contribution in [0.2, 0.25) is 0 Å². The molecular weight excluding hydrogens is 242 g/mol. The van der Waals surface area contributed by atoms with Crippen LogP contribution in [0.25, 0.3) is 10.8 Å². The number of benzene rings is 2. The van der Waals surface area contributed by atoms with E-state index in [2.05, 4.69) is 49.4 Å². The number of halogens is 1. The predicted octanol–water partition coefficient (Wildman–Crippen LogP) is 4.84. The molecule has 0 heterocycles. The van der Waals surface area contributed by atoms with Gasteiger partial charge in [-0.15, -0.1) is 12.4 Å². The highest BCUT2D eigenvalue weighted by Crippen LogP contribution is 2.25. The molecule has 2 rings (SSSR count). The second kappa shape index (κ2) is 7.40. The molecule has 0 bridgehead atoms. The molecule has 0 saturated heterocycles.